The number of benzene rings is 1. The molecule has 15 nitrogen and oxygen atoms in total. The van der Waals surface area contributed by atoms with Gasteiger partial charge in [-0.05, 0) is 93.1 Å². The number of hydrogen-bond acceptors (Lipinski definition) is 11. The minimum Gasteiger partial charge on any atom is -0.497 e. The molecule has 1 saturated heterocycles. The smallest absolute Gasteiger partial charge is 0.408 e. The highest BCUT2D eigenvalue weighted by Gasteiger charge is 2.67. The SMILES string of the molecule is COc1ccc2nc3c(nc2c1)O[C@H]1CN(C(=O)[C@H](C(C)(C)C)NC(=O)O[C@@H]2CC4CC(C4)C2CCCCC3)[C@H](C(=O)N[C@]2(C(=O)NS(=O)(=O)C3CC3)C[C@H]2C(F)F)[C@@H]1C. The van der Waals surface area contributed by atoms with Crippen LogP contribution in [0.1, 0.15) is 97.6 Å². The van der Waals surface area contributed by atoms with Gasteiger partial charge in [0.05, 0.1) is 35.9 Å². The Kier molecular flexibility index (Phi) is 11.2. The molecule has 7 aliphatic rings. The first-order chi connectivity index (χ1) is 28.4. The molecular formula is C42H56F2N6O9S. The van der Waals surface area contributed by atoms with Crippen molar-refractivity contribution in [2.75, 3.05) is 13.7 Å². The van der Waals surface area contributed by atoms with Gasteiger partial charge in [0, 0.05) is 12.0 Å². The number of alkyl carbamates (subject to hydrolysis) is 1. The van der Waals surface area contributed by atoms with E-state index < -0.39 is 92.9 Å². The lowest BCUT2D eigenvalue weighted by molar-refractivity contribution is -0.144. The van der Waals surface area contributed by atoms with Crippen LogP contribution < -0.4 is 24.8 Å². The van der Waals surface area contributed by atoms with Crippen LogP contribution in [-0.4, -0.2) is 102 Å². The molecule has 1 aromatic heterocycles. The van der Waals surface area contributed by atoms with Gasteiger partial charge in [0.2, 0.25) is 34.1 Å². The number of sulfonamides is 1. The van der Waals surface area contributed by atoms with E-state index >= 15 is 0 Å². The number of nitrogens with one attached hydrogen (secondary N) is 3. The van der Waals surface area contributed by atoms with Crippen LogP contribution in [0.3, 0.4) is 0 Å². The molecule has 3 N–H and O–H groups in total. The van der Waals surface area contributed by atoms with E-state index in [1.807, 2.05) is 10.8 Å². The number of alkyl halides is 2. The van der Waals surface area contributed by atoms with Crippen LogP contribution in [-0.2, 0) is 35.6 Å². The van der Waals surface area contributed by atoms with Crippen molar-refractivity contribution in [1.29, 1.82) is 0 Å². The molecule has 0 spiro atoms. The van der Waals surface area contributed by atoms with Crippen molar-refractivity contribution < 1.29 is 50.6 Å². The Morgan fingerprint density at radius 1 is 1.02 bits per heavy atom. The summed E-state index contributed by atoms with van der Waals surface area (Å²) < 4.78 is 74.3. The van der Waals surface area contributed by atoms with Gasteiger partial charge in [-0.2, -0.15) is 0 Å². The van der Waals surface area contributed by atoms with Gasteiger partial charge in [0.25, 0.3) is 5.91 Å². The Balaban J connectivity index is 1.15. The molecule has 9 rings (SSSR count). The predicted molar refractivity (Wildman–Crippen MR) is 213 cm³/mol. The molecule has 1 aromatic carbocycles. The Morgan fingerprint density at radius 2 is 1.77 bits per heavy atom. The van der Waals surface area contributed by atoms with Crippen LogP contribution in [0.25, 0.3) is 11.0 Å². The van der Waals surface area contributed by atoms with Gasteiger partial charge < -0.3 is 29.7 Å². The minimum absolute atomic E-state index is 0.180. The second-order valence-corrected chi connectivity index (χ2v) is 21.0. The topological polar surface area (TPSA) is 195 Å². The predicted octanol–water partition coefficient (Wildman–Crippen LogP) is 4.65. The Bertz CT molecular complexity index is 2140. The average Bonchev–Trinajstić information content (AvgIpc) is 4.10. The van der Waals surface area contributed by atoms with Gasteiger partial charge in [0.15, 0.2) is 0 Å². The largest absolute Gasteiger partial charge is 0.497 e. The second-order valence-electron chi connectivity index (χ2n) is 19.0. The molecular weight excluding hydrogens is 803 g/mol. The minimum atomic E-state index is -4.15. The number of fused-ring (bicyclic) bond motifs is 4. The van der Waals surface area contributed by atoms with Crippen LogP contribution in [0.2, 0.25) is 0 Å². The number of ether oxygens (including phenoxy) is 3. The fraction of sp³-hybridized carbons (Fsp3) is 0.714. The number of aryl methyl sites for hydroxylation is 1. The Morgan fingerprint density at radius 3 is 2.43 bits per heavy atom. The van der Waals surface area contributed by atoms with Gasteiger partial charge in [-0.3, -0.25) is 19.1 Å². The summed E-state index contributed by atoms with van der Waals surface area (Å²) >= 11 is 0. The molecule has 8 atom stereocenters. The molecule has 5 saturated carbocycles. The van der Waals surface area contributed by atoms with Gasteiger partial charge in [-0.15, -0.1) is 0 Å². The van der Waals surface area contributed by atoms with Crippen LogP contribution >= 0.6 is 0 Å². The first-order valence-corrected chi connectivity index (χ1v) is 22.9. The molecule has 2 aliphatic heterocycles. The normalized spacial score (nSPS) is 33.5. The summed E-state index contributed by atoms with van der Waals surface area (Å²) in [7, 11) is -2.61. The maximum Gasteiger partial charge on any atom is 0.408 e. The third-order valence-corrected chi connectivity index (χ3v) is 15.6. The first-order valence-electron chi connectivity index (χ1n) is 21.3. The summed E-state index contributed by atoms with van der Waals surface area (Å²) in [5, 5.41) is 4.51. The number of rotatable bonds is 7. The lowest BCUT2D eigenvalue weighted by atomic mass is 9.58. The molecule has 60 heavy (non-hydrogen) atoms. The molecule has 3 heterocycles. The summed E-state index contributed by atoms with van der Waals surface area (Å²) in [4.78, 5) is 68.0. The average molecular weight is 859 g/mol. The van der Waals surface area contributed by atoms with E-state index in [-0.39, 0.29) is 24.4 Å². The van der Waals surface area contributed by atoms with E-state index in [4.69, 9.17) is 24.2 Å². The number of nitrogens with zero attached hydrogens (tertiary/aromatic N) is 3. The van der Waals surface area contributed by atoms with Crippen LogP contribution in [0.5, 0.6) is 11.6 Å². The highest BCUT2D eigenvalue weighted by atomic mass is 32.2. The number of amides is 4. The molecule has 5 aliphatic carbocycles. The zero-order valence-electron chi connectivity index (χ0n) is 34.7. The van der Waals surface area contributed by atoms with Crippen molar-refractivity contribution in [3.63, 3.8) is 0 Å². The number of halogens is 2. The Hall–Kier alpha value is -4.35. The maximum absolute atomic E-state index is 14.9. The molecule has 328 valence electrons. The number of carbonyl (C=O) groups is 4. The van der Waals surface area contributed by atoms with Crippen molar-refractivity contribution in [2.24, 2.45) is 35.0 Å². The van der Waals surface area contributed by atoms with Crippen LogP contribution in [0.15, 0.2) is 18.2 Å². The lowest BCUT2D eigenvalue weighted by Crippen LogP contribution is -2.61. The van der Waals surface area contributed by atoms with Crippen LogP contribution in [0, 0.1) is 35.0 Å². The summed E-state index contributed by atoms with van der Waals surface area (Å²) in [5.74, 6) is -3.40. The zero-order chi connectivity index (χ0) is 42.9. The Labute approximate surface area is 348 Å². The molecule has 4 amide bonds. The van der Waals surface area contributed by atoms with Crippen molar-refractivity contribution in [1.82, 2.24) is 30.2 Å². The molecule has 4 bridgehead atoms. The zero-order valence-corrected chi connectivity index (χ0v) is 35.6. The number of carbonyl (C=O) groups excluding carboxylic acids is 4. The summed E-state index contributed by atoms with van der Waals surface area (Å²) in [6.07, 6.45) is 2.16. The van der Waals surface area contributed by atoms with E-state index in [1.165, 1.54) is 4.90 Å². The van der Waals surface area contributed by atoms with E-state index in [1.54, 1.807) is 46.9 Å². The highest BCUT2D eigenvalue weighted by Crippen LogP contribution is 2.52. The third kappa shape index (κ3) is 8.20. The number of hydrogen-bond donors (Lipinski definition) is 3. The monoisotopic (exact) mass is 858 g/mol. The van der Waals surface area contributed by atoms with Gasteiger partial charge in [-0.25, -0.2) is 32.0 Å². The summed E-state index contributed by atoms with van der Waals surface area (Å²) in [6, 6.07) is 2.73. The fourth-order valence-electron chi connectivity index (χ4n) is 9.97. The lowest BCUT2D eigenvalue weighted by Gasteiger charge is -2.50. The fourth-order valence-corrected chi connectivity index (χ4v) is 11.3. The number of methoxy groups -OCH3 is 1. The van der Waals surface area contributed by atoms with E-state index in [9.17, 15) is 36.4 Å². The van der Waals surface area contributed by atoms with Gasteiger partial charge in [0.1, 0.15) is 41.3 Å². The number of aromatic nitrogens is 2. The first kappa shape index (κ1) is 42.3. The standard InChI is InChI=1S/C42H56F2N6O9S/c1-21-32-20-50(33(21)36(51)48-42(19-27(42)35(43)44)39(53)49-60(55,56)25-12-13-25)38(52)34(41(2,3)4)47-40(54)59-31-17-22-15-23(16-22)26(31)9-7-6-8-10-29-37(58-32)46-30-18-24(57-5)11-14-28(30)45-29/h11,14,18,21-23,25-27,31-35H,6-10,12-13,15-17,19-20H2,1-5H3,(H,47,54)(H,48,51)(H,49,53)/t21-,22?,23?,26?,27+,31-,32+,33+,34-,42-/m1/s1. The molecule has 2 aromatic rings. The van der Waals surface area contributed by atoms with Crippen molar-refractivity contribution in [2.45, 2.75) is 140 Å². The van der Waals surface area contributed by atoms with Gasteiger partial charge in [-0.1, -0.05) is 40.5 Å². The summed E-state index contributed by atoms with van der Waals surface area (Å²) in [6.45, 7) is 6.80. The maximum atomic E-state index is 14.9. The van der Waals surface area contributed by atoms with Crippen LogP contribution in [0.4, 0.5) is 13.6 Å². The van der Waals surface area contributed by atoms with Crippen molar-refractivity contribution in [3.05, 3.63) is 23.9 Å². The van der Waals surface area contributed by atoms with Gasteiger partial charge >= 0.3 is 6.09 Å². The third-order valence-electron chi connectivity index (χ3n) is 13.8. The van der Waals surface area contributed by atoms with E-state index in [0.29, 0.717) is 53.6 Å². The molecule has 18 heteroatoms. The second kappa shape index (κ2) is 15.8. The van der Waals surface area contributed by atoms with Crippen molar-refractivity contribution >= 4 is 44.9 Å². The van der Waals surface area contributed by atoms with E-state index in [0.717, 1.165) is 44.9 Å². The highest BCUT2D eigenvalue weighted by molar-refractivity contribution is 7.91. The quantitative estimate of drug-likeness (QED) is 0.351. The molecule has 6 fully saturated rings. The summed E-state index contributed by atoms with van der Waals surface area (Å²) in [5.41, 5.74) is -1.41. The molecule has 0 radical (unpaired) electrons. The molecule has 1 unspecified atom stereocenters. The van der Waals surface area contributed by atoms with E-state index in [2.05, 4.69) is 10.6 Å². The van der Waals surface area contributed by atoms with Crippen molar-refractivity contribution in [3.8, 4) is 11.6 Å².